The average molecular weight is 1070 g/mol. The summed E-state index contributed by atoms with van der Waals surface area (Å²) in [5.74, 6) is -0.00887. The van der Waals surface area contributed by atoms with Crippen LogP contribution < -0.4 is 5.32 Å². The quantitative estimate of drug-likeness (QED) is 0.0320. The number of unbranched alkanes of at least 4 members (excludes halogenated alkanes) is 53. The zero-order chi connectivity index (χ0) is 55.0. The van der Waals surface area contributed by atoms with Crippen LogP contribution in [0.1, 0.15) is 399 Å². The van der Waals surface area contributed by atoms with Gasteiger partial charge in [0.05, 0.1) is 25.4 Å². The molecule has 0 heterocycles. The van der Waals surface area contributed by atoms with Crippen LogP contribution in [0.2, 0.25) is 0 Å². The third kappa shape index (κ3) is 61.8. The first-order valence-corrected chi connectivity index (χ1v) is 34.9. The predicted molar refractivity (Wildman–Crippen MR) is 333 cm³/mol. The number of aliphatic hydroxyl groups is 2. The Labute approximate surface area is 476 Å². The lowest BCUT2D eigenvalue weighted by Crippen LogP contribution is -2.45. The van der Waals surface area contributed by atoms with E-state index in [-0.39, 0.29) is 18.5 Å². The molecule has 0 rings (SSSR count). The van der Waals surface area contributed by atoms with Crippen LogP contribution in [0.4, 0.5) is 0 Å². The molecule has 0 radical (unpaired) electrons. The molecule has 452 valence electrons. The predicted octanol–water partition coefficient (Wildman–Crippen LogP) is 22.4. The Morgan fingerprint density at radius 1 is 0.355 bits per heavy atom. The van der Waals surface area contributed by atoms with E-state index in [1.165, 1.54) is 327 Å². The number of nitrogens with one attached hydrogen (secondary N) is 1. The summed E-state index contributed by atoms with van der Waals surface area (Å²) in [6, 6.07) is -0.538. The average Bonchev–Trinajstić information content (AvgIpc) is 3.42. The molecule has 1 amide bonds. The third-order valence-corrected chi connectivity index (χ3v) is 16.6. The van der Waals surface area contributed by atoms with Gasteiger partial charge in [-0.25, -0.2) is 0 Å². The van der Waals surface area contributed by atoms with E-state index >= 15 is 0 Å². The normalized spacial score (nSPS) is 12.5. The third-order valence-electron chi connectivity index (χ3n) is 16.6. The maximum atomic E-state index is 12.5. The van der Waals surface area contributed by atoms with Crippen LogP contribution in [-0.2, 0) is 14.3 Å². The SMILES string of the molecule is CCCCCCCCCCCCCCCCC(O)C(CO)NC(=O)CCCCCCCCCCCCCCCCCCC/C=C\CCCCCCCCCCCCCCOC(=O)CCCCCCCCCCCCCC. The van der Waals surface area contributed by atoms with Gasteiger partial charge in [-0.2, -0.15) is 0 Å². The Morgan fingerprint density at radius 2 is 0.618 bits per heavy atom. The first kappa shape index (κ1) is 74.6. The molecule has 2 unspecified atom stereocenters. The van der Waals surface area contributed by atoms with Crippen LogP contribution in [-0.4, -0.2) is 47.4 Å². The molecule has 0 bridgehead atoms. The summed E-state index contributed by atoms with van der Waals surface area (Å²) >= 11 is 0. The summed E-state index contributed by atoms with van der Waals surface area (Å²) < 4.78 is 5.48. The number of esters is 1. The topological polar surface area (TPSA) is 95.9 Å². The van der Waals surface area contributed by atoms with E-state index in [1.54, 1.807) is 0 Å². The molecule has 0 aromatic rings. The summed E-state index contributed by atoms with van der Waals surface area (Å²) in [5, 5.41) is 23.3. The summed E-state index contributed by atoms with van der Waals surface area (Å²) in [6.07, 6.45) is 81.2. The standard InChI is InChI=1S/C70H137NO5/c1-3-5-7-9-11-13-15-17-39-42-46-50-54-58-62-68(73)67(66-72)71-69(74)63-59-55-51-47-43-40-37-35-33-31-29-27-25-23-21-19-18-20-22-24-26-28-30-32-34-36-38-41-45-49-53-57-61-65-76-70(75)64-60-56-52-48-44-16-14-12-10-8-6-4-2/h22,24,67-68,72-73H,3-21,23,25-66H2,1-2H3,(H,71,74)/b24-22-. The fraction of sp³-hybridized carbons (Fsp3) is 0.943. The number of aliphatic hydroxyl groups excluding tert-OH is 2. The lowest BCUT2D eigenvalue weighted by molar-refractivity contribution is -0.143. The van der Waals surface area contributed by atoms with Gasteiger partial charge in [-0.15, -0.1) is 0 Å². The molecular formula is C70H137NO5. The fourth-order valence-corrected chi connectivity index (χ4v) is 11.2. The summed E-state index contributed by atoms with van der Waals surface area (Å²) in [7, 11) is 0. The van der Waals surface area contributed by atoms with Crippen molar-refractivity contribution in [3.63, 3.8) is 0 Å². The Morgan fingerprint density at radius 3 is 0.934 bits per heavy atom. The number of amides is 1. The molecule has 0 spiro atoms. The molecule has 0 aromatic carbocycles. The van der Waals surface area contributed by atoms with Crippen LogP contribution in [0.3, 0.4) is 0 Å². The molecule has 0 aliphatic heterocycles. The van der Waals surface area contributed by atoms with Gasteiger partial charge in [0.2, 0.25) is 5.91 Å². The summed E-state index contributed by atoms with van der Waals surface area (Å²) in [5.41, 5.74) is 0. The van der Waals surface area contributed by atoms with E-state index in [4.69, 9.17) is 4.74 Å². The smallest absolute Gasteiger partial charge is 0.305 e. The van der Waals surface area contributed by atoms with Crippen LogP contribution in [0.15, 0.2) is 12.2 Å². The van der Waals surface area contributed by atoms with Crippen molar-refractivity contribution in [2.75, 3.05) is 13.2 Å². The van der Waals surface area contributed by atoms with Gasteiger partial charge >= 0.3 is 5.97 Å². The Bertz CT molecular complexity index is 1140. The van der Waals surface area contributed by atoms with Crippen LogP contribution >= 0.6 is 0 Å². The Hall–Kier alpha value is -1.40. The van der Waals surface area contributed by atoms with Crippen LogP contribution in [0, 0.1) is 0 Å². The molecule has 0 aliphatic rings. The monoisotopic (exact) mass is 1070 g/mol. The van der Waals surface area contributed by atoms with Gasteiger partial charge in [-0.1, -0.05) is 347 Å². The highest BCUT2D eigenvalue weighted by molar-refractivity contribution is 5.76. The zero-order valence-corrected chi connectivity index (χ0v) is 51.8. The Kier molecular flexibility index (Phi) is 64.9. The van der Waals surface area contributed by atoms with Gasteiger partial charge in [0, 0.05) is 12.8 Å². The number of ether oxygens (including phenoxy) is 1. The lowest BCUT2D eigenvalue weighted by Gasteiger charge is -2.22. The van der Waals surface area contributed by atoms with Crippen molar-refractivity contribution in [3.8, 4) is 0 Å². The van der Waals surface area contributed by atoms with Gasteiger partial charge < -0.3 is 20.3 Å². The lowest BCUT2D eigenvalue weighted by atomic mass is 10.0. The van der Waals surface area contributed by atoms with Gasteiger partial charge in [0.25, 0.3) is 0 Å². The van der Waals surface area contributed by atoms with Gasteiger partial charge in [0.1, 0.15) is 0 Å². The van der Waals surface area contributed by atoms with Gasteiger partial charge in [-0.3, -0.25) is 9.59 Å². The summed E-state index contributed by atoms with van der Waals surface area (Å²) in [6.45, 7) is 4.99. The van der Waals surface area contributed by atoms with E-state index in [2.05, 4.69) is 31.3 Å². The molecule has 3 N–H and O–H groups in total. The van der Waals surface area contributed by atoms with Crippen molar-refractivity contribution in [1.29, 1.82) is 0 Å². The molecule has 6 heteroatoms. The molecule has 0 aromatic heterocycles. The summed E-state index contributed by atoms with van der Waals surface area (Å²) in [4.78, 5) is 24.5. The van der Waals surface area contributed by atoms with E-state index in [0.29, 0.717) is 25.9 Å². The molecule has 6 nitrogen and oxygen atoms in total. The number of allylic oxidation sites excluding steroid dienone is 2. The highest BCUT2D eigenvalue weighted by atomic mass is 16.5. The highest BCUT2D eigenvalue weighted by Crippen LogP contribution is 2.19. The second kappa shape index (κ2) is 66.1. The van der Waals surface area contributed by atoms with Crippen molar-refractivity contribution in [3.05, 3.63) is 12.2 Å². The van der Waals surface area contributed by atoms with Crippen LogP contribution in [0.5, 0.6) is 0 Å². The maximum Gasteiger partial charge on any atom is 0.305 e. The number of hydrogen-bond acceptors (Lipinski definition) is 5. The zero-order valence-electron chi connectivity index (χ0n) is 51.8. The maximum absolute atomic E-state index is 12.5. The molecule has 0 aliphatic carbocycles. The van der Waals surface area contributed by atoms with E-state index < -0.39 is 12.1 Å². The van der Waals surface area contributed by atoms with Crippen molar-refractivity contribution in [2.45, 2.75) is 411 Å². The largest absolute Gasteiger partial charge is 0.466 e. The van der Waals surface area contributed by atoms with Crippen LogP contribution in [0.25, 0.3) is 0 Å². The second-order valence-electron chi connectivity index (χ2n) is 24.2. The number of rotatable bonds is 66. The highest BCUT2D eigenvalue weighted by Gasteiger charge is 2.20. The number of hydrogen-bond donors (Lipinski definition) is 3. The number of carbonyl (C=O) groups excluding carboxylic acids is 2. The minimum atomic E-state index is -0.661. The van der Waals surface area contributed by atoms with Crippen molar-refractivity contribution in [2.24, 2.45) is 0 Å². The van der Waals surface area contributed by atoms with Crippen molar-refractivity contribution >= 4 is 11.9 Å². The molecule has 2 atom stereocenters. The molecule has 0 saturated carbocycles. The number of carbonyl (C=O) groups is 2. The first-order valence-electron chi connectivity index (χ1n) is 34.9. The molecular weight excluding hydrogens is 935 g/mol. The van der Waals surface area contributed by atoms with Gasteiger partial charge in [0.15, 0.2) is 0 Å². The first-order chi connectivity index (χ1) is 37.5. The second-order valence-corrected chi connectivity index (χ2v) is 24.2. The Balaban J connectivity index is 3.33. The van der Waals surface area contributed by atoms with Crippen molar-refractivity contribution in [1.82, 2.24) is 5.32 Å². The fourth-order valence-electron chi connectivity index (χ4n) is 11.2. The molecule has 76 heavy (non-hydrogen) atoms. The molecule has 0 fully saturated rings. The van der Waals surface area contributed by atoms with E-state index in [0.717, 1.165) is 38.5 Å². The minimum Gasteiger partial charge on any atom is -0.466 e. The molecule has 0 saturated heterocycles. The minimum absolute atomic E-state index is 0.0201. The van der Waals surface area contributed by atoms with E-state index in [9.17, 15) is 19.8 Å². The van der Waals surface area contributed by atoms with E-state index in [1.807, 2.05) is 0 Å². The van der Waals surface area contributed by atoms with Crippen molar-refractivity contribution < 1.29 is 24.5 Å². The van der Waals surface area contributed by atoms with Gasteiger partial charge in [-0.05, 0) is 51.4 Å².